The van der Waals surface area contributed by atoms with Gasteiger partial charge in [-0.3, -0.25) is 0 Å². The number of hydrogen-bond acceptors (Lipinski definition) is 0. The lowest BCUT2D eigenvalue weighted by molar-refractivity contribution is -0.00000690. The van der Waals surface area contributed by atoms with E-state index < -0.39 is 7.26 Å². The summed E-state index contributed by atoms with van der Waals surface area (Å²) in [5, 5.41) is 4.25. The minimum atomic E-state index is -1.81. The van der Waals surface area contributed by atoms with Crippen LogP contribution in [0.1, 0.15) is 77.6 Å². The predicted octanol–water partition coefficient (Wildman–Crippen LogP) is 5.30. The van der Waals surface area contributed by atoms with Crippen LogP contribution < -0.4 is 32.9 Å². The van der Waals surface area contributed by atoms with Crippen LogP contribution >= 0.6 is 7.26 Å². The Kier molecular flexibility index (Phi) is 14.7. The van der Waals surface area contributed by atoms with Crippen LogP contribution in [0.3, 0.4) is 0 Å². The van der Waals surface area contributed by atoms with E-state index in [1.54, 1.807) is 0 Å². The lowest BCUT2D eigenvalue weighted by Crippen LogP contribution is -3.00. The zero-order valence-corrected chi connectivity index (χ0v) is 24.0. The molecule has 2 heteroatoms. The summed E-state index contributed by atoms with van der Waals surface area (Å²) in [5.41, 5.74) is 0. The second kappa shape index (κ2) is 17.5. The maximum Gasteiger partial charge on any atom is 0.133 e. The molecule has 35 heavy (non-hydrogen) atoms. The van der Waals surface area contributed by atoms with Gasteiger partial charge in [-0.15, -0.1) is 0 Å². The fraction of sp³-hybridized carbons (Fsp3) is 0.394. The van der Waals surface area contributed by atoms with Gasteiger partial charge in [0.25, 0.3) is 0 Å². The Bertz CT molecular complexity index is 876. The van der Waals surface area contributed by atoms with E-state index in [4.69, 9.17) is 0 Å². The molecule has 0 radical (unpaired) electrons. The highest BCUT2D eigenvalue weighted by molar-refractivity contribution is 7.95. The molecule has 0 aliphatic carbocycles. The van der Waals surface area contributed by atoms with Gasteiger partial charge in [0.2, 0.25) is 0 Å². The Morgan fingerprint density at radius 3 is 1.26 bits per heavy atom. The molecule has 0 heterocycles. The van der Waals surface area contributed by atoms with E-state index in [1.165, 1.54) is 80.1 Å². The molecule has 0 amide bonds. The first kappa shape index (κ1) is 29.4. The third-order valence-corrected chi connectivity index (χ3v) is 10.9. The molecule has 0 spiro atoms. The largest absolute Gasteiger partial charge is 1.00 e. The van der Waals surface area contributed by atoms with E-state index in [2.05, 4.69) is 110 Å². The molecule has 0 aromatic heterocycles. The van der Waals surface area contributed by atoms with Crippen molar-refractivity contribution >= 4 is 23.2 Å². The lowest BCUT2D eigenvalue weighted by atomic mass is 10.1. The van der Waals surface area contributed by atoms with E-state index in [1.807, 2.05) is 0 Å². The highest BCUT2D eigenvalue weighted by Gasteiger charge is 2.44. The van der Waals surface area contributed by atoms with Crippen LogP contribution in [-0.4, -0.2) is 6.16 Å². The van der Waals surface area contributed by atoms with Gasteiger partial charge in [0.15, 0.2) is 0 Å². The fourth-order valence-electron chi connectivity index (χ4n) is 4.73. The molecule has 0 N–H and O–H groups in total. The van der Waals surface area contributed by atoms with Crippen molar-refractivity contribution in [2.75, 3.05) is 6.16 Å². The van der Waals surface area contributed by atoms with Gasteiger partial charge in [-0.05, 0) is 42.8 Å². The maximum absolute atomic E-state index is 3.65. The summed E-state index contributed by atoms with van der Waals surface area (Å²) >= 11 is 0. The summed E-state index contributed by atoms with van der Waals surface area (Å²) in [6, 6.07) is 33.2. The number of benzene rings is 3. The first-order valence-corrected chi connectivity index (χ1v) is 15.4. The fourth-order valence-corrected chi connectivity index (χ4v) is 8.57. The van der Waals surface area contributed by atoms with Crippen molar-refractivity contribution in [3.8, 4) is 11.8 Å². The van der Waals surface area contributed by atoms with Crippen molar-refractivity contribution in [1.82, 2.24) is 0 Å². The molecule has 0 aliphatic rings. The SMILES string of the molecule is CCCCCCCCCCCCC#CC[P+](c1ccccc1)(c1ccccc1)c1ccccc1.[Br-]. The molecule has 186 valence electrons. The number of hydrogen-bond donors (Lipinski definition) is 0. The number of unbranched alkanes of at least 4 members (excludes halogenated alkanes) is 10. The second-order valence-corrected chi connectivity index (χ2v) is 12.7. The number of halogens is 1. The third-order valence-electron chi connectivity index (χ3n) is 6.69. The zero-order chi connectivity index (χ0) is 23.7. The van der Waals surface area contributed by atoms with Gasteiger partial charge < -0.3 is 17.0 Å². The van der Waals surface area contributed by atoms with Crippen molar-refractivity contribution in [1.29, 1.82) is 0 Å². The highest BCUT2D eigenvalue weighted by atomic mass is 79.9. The number of rotatable bonds is 14. The van der Waals surface area contributed by atoms with Crippen LogP contribution in [0.4, 0.5) is 0 Å². The molecular weight excluding hydrogens is 507 g/mol. The van der Waals surface area contributed by atoms with Crippen LogP contribution in [0.5, 0.6) is 0 Å². The van der Waals surface area contributed by atoms with Crippen molar-refractivity contribution < 1.29 is 17.0 Å². The summed E-state index contributed by atoms with van der Waals surface area (Å²) in [5.74, 6) is 7.20. The molecule has 3 aromatic carbocycles. The molecule has 3 rings (SSSR count). The molecular formula is C33H42BrP. The molecule has 0 aliphatic heterocycles. The molecule has 0 atom stereocenters. The van der Waals surface area contributed by atoms with Crippen LogP contribution in [0.15, 0.2) is 91.0 Å². The van der Waals surface area contributed by atoms with Crippen LogP contribution in [-0.2, 0) is 0 Å². The van der Waals surface area contributed by atoms with Gasteiger partial charge in [-0.1, -0.05) is 131 Å². The van der Waals surface area contributed by atoms with E-state index >= 15 is 0 Å². The summed E-state index contributed by atoms with van der Waals surface area (Å²) in [6.45, 7) is 2.29. The molecule has 0 saturated carbocycles. The standard InChI is InChI=1S/C33H42P.BrH/c1-2-3-4-5-6-7-8-9-10-11-12-13-23-30-34(31-24-17-14-18-25-31,32-26-19-15-20-27-32)33-28-21-16-22-29-33;/h14-22,24-29H,2-12,30H2,1H3;1H/q+1;/p-1. The van der Waals surface area contributed by atoms with Crippen molar-refractivity contribution in [2.24, 2.45) is 0 Å². The van der Waals surface area contributed by atoms with Gasteiger partial charge in [-0.2, -0.15) is 0 Å². The van der Waals surface area contributed by atoms with Gasteiger partial charge >= 0.3 is 0 Å². The average molecular weight is 550 g/mol. The first-order chi connectivity index (χ1) is 16.9. The van der Waals surface area contributed by atoms with Crippen molar-refractivity contribution in [3.63, 3.8) is 0 Å². The Morgan fingerprint density at radius 1 is 0.486 bits per heavy atom. The normalized spacial score (nSPS) is 10.8. The predicted molar refractivity (Wildman–Crippen MR) is 154 cm³/mol. The molecule has 3 aromatic rings. The first-order valence-electron chi connectivity index (χ1n) is 13.4. The van der Waals surface area contributed by atoms with Crippen LogP contribution in [0.2, 0.25) is 0 Å². The summed E-state index contributed by atoms with van der Waals surface area (Å²) in [6.07, 6.45) is 15.7. The maximum atomic E-state index is 3.65. The van der Waals surface area contributed by atoms with Gasteiger partial charge in [0.1, 0.15) is 29.3 Å². The average Bonchev–Trinajstić information content (AvgIpc) is 2.91. The summed E-state index contributed by atoms with van der Waals surface area (Å²) in [7, 11) is -1.81. The van der Waals surface area contributed by atoms with E-state index in [0.29, 0.717) is 0 Å². The van der Waals surface area contributed by atoms with Crippen LogP contribution in [0, 0.1) is 11.8 Å². The monoisotopic (exact) mass is 548 g/mol. The Labute approximate surface area is 226 Å². The molecule has 0 unspecified atom stereocenters. The highest BCUT2D eigenvalue weighted by Crippen LogP contribution is 2.54. The molecule has 0 bridgehead atoms. The Hall–Kier alpha value is -1.87. The van der Waals surface area contributed by atoms with Gasteiger partial charge in [0.05, 0.1) is 0 Å². The van der Waals surface area contributed by atoms with E-state index in [9.17, 15) is 0 Å². The van der Waals surface area contributed by atoms with Crippen molar-refractivity contribution in [3.05, 3.63) is 91.0 Å². The molecule has 0 saturated heterocycles. The van der Waals surface area contributed by atoms with Crippen molar-refractivity contribution in [2.45, 2.75) is 77.6 Å². The zero-order valence-electron chi connectivity index (χ0n) is 21.5. The Morgan fingerprint density at radius 2 is 0.857 bits per heavy atom. The van der Waals surface area contributed by atoms with E-state index in [0.717, 1.165) is 12.6 Å². The van der Waals surface area contributed by atoms with Gasteiger partial charge in [0, 0.05) is 6.42 Å². The minimum Gasteiger partial charge on any atom is -1.00 e. The van der Waals surface area contributed by atoms with E-state index in [-0.39, 0.29) is 17.0 Å². The topological polar surface area (TPSA) is 0 Å². The van der Waals surface area contributed by atoms with Gasteiger partial charge in [-0.25, -0.2) is 0 Å². The third kappa shape index (κ3) is 9.26. The Balaban J connectivity index is 0.00000432. The quantitative estimate of drug-likeness (QED) is 0.146. The summed E-state index contributed by atoms with van der Waals surface area (Å²) < 4.78 is 0. The second-order valence-electron chi connectivity index (χ2n) is 9.26. The smallest absolute Gasteiger partial charge is 0.133 e. The minimum absolute atomic E-state index is 0. The molecule has 0 fully saturated rings. The molecule has 0 nitrogen and oxygen atoms in total. The summed E-state index contributed by atoms with van der Waals surface area (Å²) in [4.78, 5) is 0. The van der Waals surface area contributed by atoms with Crippen LogP contribution in [0.25, 0.3) is 0 Å². The lowest BCUT2D eigenvalue weighted by Gasteiger charge is -2.25.